The van der Waals surface area contributed by atoms with E-state index in [9.17, 15) is 23.7 Å². The van der Waals surface area contributed by atoms with Gasteiger partial charge in [0.15, 0.2) is 0 Å². The molecule has 3 aromatic carbocycles. The number of para-hydroxylation sites is 1. The first-order chi connectivity index (χ1) is 13.4. The summed E-state index contributed by atoms with van der Waals surface area (Å²) in [5, 5.41) is 15.2. The van der Waals surface area contributed by atoms with Gasteiger partial charge in [0.25, 0.3) is 5.69 Å². The Balaban J connectivity index is 1.61. The van der Waals surface area contributed by atoms with Crippen LogP contribution in [0.1, 0.15) is 0 Å². The van der Waals surface area contributed by atoms with Crippen molar-refractivity contribution in [1.29, 1.82) is 0 Å². The van der Waals surface area contributed by atoms with Gasteiger partial charge < -0.3 is 15.4 Å². The SMILES string of the molecule is O=C(Nc1ccc(Oc2ccc([N+](=O)[O-])cc2)cc1)Nc1c(F)cccc1F. The molecule has 7 nitrogen and oxygen atoms in total. The average molecular weight is 385 g/mol. The first kappa shape index (κ1) is 18.8. The number of nitro benzene ring substituents is 1. The van der Waals surface area contributed by atoms with Gasteiger partial charge in [-0.1, -0.05) is 6.07 Å². The summed E-state index contributed by atoms with van der Waals surface area (Å²) in [4.78, 5) is 22.0. The molecule has 0 saturated carbocycles. The highest BCUT2D eigenvalue weighted by Gasteiger charge is 2.12. The van der Waals surface area contributed by atoms with E-state index in [4.69, 9.17) is 4.74 Å². The van der Waals surface area contributed by atoms with Crippen LogP contribution in [0.25, 0.3) is 0 Å². The summed E-state index contributed by atoms with van der Waals surface area (Å²) in [6, 6.07) is 14.2. The molecular formula is C19H13F2N3O4. The molecule has 0 aromatic heterocycles. The zero-order valence-corrected chi connectivity index (χ0v) is 14.2. The summed E-state index contributed by atoms with van der Waals surface area (Å²) in [5.41, 5.74) is -0.229. The number of carbonyl (C=O) groups is 1. The summed E-state index contributed by atoms with van der Waals surface area (Å²) in [6.45, 7) is 0. The first-order valence-corrected chi connectivity index (χ1v) is 7.97. The van der Waals surface area contributed by atoms with Crippen LogP contribution in [0.4, 0.5) is 30.6 Å². The van der Waals surface area contributed by atoms with Gasteiger partial charge in [0, 0.05) is 17.8 Å². The predicted octanol–water partition coefficient (Wildman–Crippen LogP) is 5.31. The van der Waals surface area contributed by atoms with E-state index in [0.29, 0.717) is 17.2 Å². The lowest BCUT2D eigenvalue weighted by Gasteiger charge is -2.10. The number of carbonyl (C=O) groups excluding carboxylic acids is 1. The van der Waals surface area contributed by atoms with E-state index in [-0.39, 0.29) is 5.69 Å². The fraction of sp³-hybridized carbons (Fsp3) is 0. The van der Waals surface area contributed by atoms with Crippen molar-refractivity contribution in [2.24, 2.45) is 0 Å². The molecule has 0 aliphatic heterocycles. The molecule has 0 fully saturated rings. The predicted molar refractivity (Wildman–Crippen MR) is 98.6 cm³/mol. The van der Waals surface area contributed by atoms with Crippen molar-refractivity contribution in [2.75, 3.05) is 10.6 Å². The fourth-order valence-electron chi connectivity index (χ4n) is 2.27. The number of benzene rings is 3. The van der Waals surface area contributed by atoms with Gasteiger partial charge in [0.05, 0.1) is 4.92 Å². The van der Waals surface area contributed by atoms with Gasteiger partial charge in [-0.3, -0.25) is 10.1 Å². The molecule has 0 spiro atoms. The van der Waals surface area contributed by atoms with Gasteiger partial charge in [-0.2, -0.15) is 0 Å². The van der Waals surface area contributed by atoms with Crippen LogP contribution < -0.4 is 15.4 Å². The Morgan fingerprint density at radius 3 is 1.93 bits per heavy atom. The van der Waals surface area contributed by atoms with Gasteiger partial charge >= 0.3 is 6.03 Å². The monoisotopic (exact) mass is 385 g/mol. The Hall–Kier alpha value is -4.01. The molecule has 0 heterocycles. The van der Waals surface area contributed by atoms with Gasteiger partial charge in [0.2, 0.25) is 0 Å². The third-order valence-electron chi connectivity index (χ3n) is 3.60. The van der Waals surface area contributed by atoms with Crippen molar-refractivity contribution in [3.8, 4) is 11.5 Å². The lowest BCUT2D eigenvalue weighted by Crippen LogP contribution is -2.20. The van der Waals surface area contributed by atoms with Crippen LogP contribution in [-0.4, -0.2) is 11.0 Å². The molecule has 0 radical (unpaired) electrons. The van der Waals surface area contributed by atoms with Gasteiger partial charge in [-0.15, -0.1) is 0 Å². The molecule has 3 aromatic rings. The van der Waals surface area contributed by atoms with Crippen LogP contribution in [0.2, 0.25) is 0 Å². The molecule has 0 bridgehead atoms. The second kappa shape index (κ2) is 8.12. The number of hydrogen-bond acceptors (Lipinski definition) is 4. The highest BCUT2D eigenvalue weighted by molar-refractivity contribution is 5.99. The molecule has 0 saturated heterocycles. The first-order valence-electron chi connectivity index (χ1n) is 7.97. The van der Waals surface area contributed by atoms with Gasteiger partial charge in [-0.25, -0.2) is 13.6 Å². The van der Waals surface area contributed by atoms with E-state index in [2.05, 4.69) is 10.6 Å². The lowest BCUT2D eigenvalue weighted by atomic mass is 10.3. The maximum absolute atomic E-state index is 13.5. The Labute approximate surface area is 157 Å². The largest absolute Gasteiger partial charge is 0.457 e. The van der Waals surface area contributed by atoms with Crippen LogP contribution in [0.5, 0.6) is 11.5 Å². The Bertz CT molecular complexity index is 988. The van der Waals surface area contributed by atoms with Gasteiger partial charge in [-0.05, 0) is 48.5 Å². The van der Waals surface area contributed by atoms with Crippen molar-refractivity contribution in [1.82, 2.24) is 0 Å². The zero-order valence-electron chi connectivity index (χ0n) is 14.2. The number of urea groups is 1. The number of ether oxygens (including phenoxy) is 1. The van der Waals surface area contributed by atoms with Crippen molar-refractivity contribution >= 4 is 23.1 Å². The topological polar surface area (TPSA) is 93.5 Å². The van der Waals surface area contributed by atoms with Crippen molar-refractivity contribution in [3.63, 3.8) is 0 Å². The summed E-state index contributed by atoms with van der Waals surface area (Å²) in [7, 11) is 0. The summed E-state index contributed by atoms with van der Waals surface area (Å²) < 4.78 is 32.6. The molecule has 0 unspecified atom stereocenters. The lowest BCUT2D eigenvalue weighted by molar-refractivity contribution is -0.384. The van der Waals surface area contributed by atoms with Crippen molar-refractivity contribution in [3.05, 3.63) is 88.5 Å². The van der Waals surface area contributed by atoms with Crippen molar-refractivity contribution in [2.45, 2.75) is 0 Å². The smallest absolute Gasteiger partial charge is 0.323 e. The third-order valence-corrected chi connectivity index (χ3v) is 3.60. The molecule has 142 valence electrons. The molecule has 28 heavy (non-hydrogen) atoms. The maximum atomic E-state index is 13.5. The number of rotatable bonds is 5. The number of anilines is 2. The molecule has 0 aliphatic rings. The Morgan fingerprint density at radius 2 is 1.39 bits per heavy atom. The molecule has 0 atom stereocenters. The zero-order chi connectivity index (χ0) is 20.1. The number of halogens is 2. The highest BCUT2D eigenvalue weighted by atomic mass is 19.1. The minimum Gasteiger partial charge on any atom is -0.457 e. The number of nitrogens with zero attached hydrogens (tertiary/aromatic N) is 1. The standard InChI is InChI=1S/C19H13F2N3O4/c20-16-2-1-3-17(21)18(16)23-19(25)22-12-4-8-14(9-5-12)28-15-10-6-13(7-11-15)24(26)27/h1-11H,(H2,22,23,25). The average Bonchev–Trinajstić information content (AvgIpc) is 2.67. The molecular weight excluding hydrogens is 372 g/mol. The highest BCUT2D eigenvalue weighted by Crippen LogP contribution is 2.25. The summed E-state index contributed by atoms with van der Waals surface area (Å²) in [5.74, 6) is -0.942. The fourth-order valence-corrected chi connectivity index (χ4v) is 2.27. The summed E-state index contributed by atoms with van der Waals surface area (Å²) >= 11 is 0. The molecule has 0 aliphatic carbocycles. The van der Waals surface area contributed by atoms with E-state index in [1.165, 1.54) is 42.5 Å². The van der Waals surface area contributed by atoms with Crippen molar-refractivity contribution < 1.29 is 23.2 Å². The minimum absolute atomic E-state index is 0.0517. The van der Waals surface area contributed by atoms with E-state index in [1.807, 2.05) is 0 Å². The number of hydrogen-bond donors (Lipinski definition) is 2. The van der Waals surface area contributed by atoms with E-state index < -0.39 is 28.3 Å². The second-order valence-electron chi connectivity index (χ2n) is 5.55. The number of amides is 2. The minimum atomic E-state index is -0.887. The van der Waals surface area contributed by atoms with E-state index in [1.54, 1.807) is 12.1 Å². The molecule has 3 rings (SSSR count). The van der Waals surface area contributed by atoms with Crippen LogP contribution in [0, 0.1) is 21.7 Å². The molecule has 9 heteroatoms. The summed E-state index contributed by atoms with van der Waals surface area (Å²) in [6.07, 6.45) is 0. The Morgan fingerprint density at radius 1 is 0.857 bits per heavy atom. The Kier molecular flexibility index (Phi) is 5.45. The maximum Gasteiger partial charge on any atom is 0.323 e. The number of nitrogens with one attached hydrogen (secondary N) is 2. The second-order valence-corrected chi connectivity index (χ2v) is 5.55. The van der Waals surface area contributed by atoms with Crippen LogP contribution in [0.3, 0.4) is 0 Å². The third kappa shape index (κ3) is 4.58. The van der Waals surface area contributed by atoms with Crippen LogP contribution in [0.15, 0.2) is 66.7 Å². The van der Waals surface area contributed by atoms with Gasteiger partial charge in [0.1, 0.15) is 28.8 Å². The normalized spacial score (nSPS) is 10.2. The van der Waals surface area contributed by atoms with Crippen LogP contribution in [-0.2, 0) is 0 Å². The number of nitro groups is 1. The molecule has 2 amide bonds. The van der Waals surface area contributed by atoms with Crippen LogP contribution >= 0.6 is 0 Å². The quantitative estimate of drug-likeness (QED) is 0.460. The van der Waals surface area contributed by atoms with E-state index >= 15 is 0 Å². The number of non-ortho nitro benzene ring substituents is 1. The molecule has 2 N–H and O–H groups in total. The van der Waals surface area contributed by atoms with E-state index in [0.717, 1.165) is 12.1 Å².